The molecule has 0 unspecified atom stereocenters. The zero-order valence-electron chi connectivity index (χ0n) is 12.3. The summed E-state index contributed by atoms with van der Waals surface area (Å²) in [5, 5.41) is 9.30. The minimum Gasteiger partial charge on any atom is -0.363 e. The third kappa shape index (κ3) is 7.99. The third-order valence-electron chi connectivity index (χ3n) is 2.70. The Bertz CT molecular complexity index is 482. The van der Waals surface area contributed by atoms with Crippen molar-refractivity contribution in [2.75, 3.05) is 39.0 Å². The second-order valence-corrected chi connectivity index (χ2v) is 6.21. The fourth-order valence-electron chi connectivity index (χ4n) is 1.62. The number of anilines is 1. The summed E-state index contributed by atoms with van der Waals surface area (Å²) in [6, 6.07) is 7.48. The van der Waals surface area contributed by atoms with Crippen molar-refractivity contribution in [2.24, 2.45) is 0 Å². The molecule has 0 aromatic heterocycles. The number of para-hydroxylation sites is 1. The average Bonchev–Trinajstić information content (AvgIpc) is 2.44. The first-order chi connectivity index (χ1) is 9.99. The Hall–Kier alpha value is -1.18. The van der Waals surface area contributed by atoms with Crippen molar-refractivity contribution in [2.45, 2.75) is 6.42 Å². The Morgan fingerprint density at radius 1 is 1.29 bits per heavy atom. The van der Waals surface area contributed by atoms with Crippen LogP contribution in [0.5, 0.6) is 0 Å². The Labute approximate surface area is 139 Å². The van der Waals surface area contributed by atoms with Crippen LogP contribution >= 0.6 is 28.1 Å². The van der Waals surface area contributed by atoms with Gasteiger partial charge in [0, 0.05) is 17.4 Å². The van der Waals surface area contributed by atoms with Crippen LogP contribution in [0.1, 0.15) is 6.42 Å². The highest BCUT2D eigenvalue weighted by Crippen LogP contribution is 2.20. The zero-order valence-corrected chi connectivity index (χ0v) is 14.7. The number of hydrogen-bond donors (Lipinski definition) is 4. The van der Waals surface area contributed by atoms with E-state index >= 15 is 0 Å². The normalized spacial score (nSPS) is 10.3. The van der Waals surface area contributed by atoms with E-state index in [0.717, 1.165) is 29.7 Å². The van der Waals surface area contributed by atoms with Crippen molar-refractivity contribution < 1.29 is 9.69 Å². The van der Waals surface area contributed by atoms with Gasteiger partial charge in [0.2, 0.25) is 5.91 Å². The Morgan fingerprint density at radius 2 is 2.00 bits per heavy atom. The molecule has 0 spiro atoms. The van der Waals surface area contributed by atoms with Crippen molar-refractivity contribution in [3.8, 4) is 0 Å². The van der Waals surface area contributed by atoms with Gasteiger partial charge < -0.3 is 20.9 Å². The molecule has 0 atom stereocenters. The van der Waals surface area contributed by atoms with Crippen molar-refractivity contribution in [3.63, 3.8) is 0 Å². The Morgan fingerprint density at radius 3 is 2.67 bits per heavy atom. The molecule has 0 aliphatic rings. The van der Waals surface area contributed by atoms with E-state index in [2.05, 4.69) is 46.0 Å². The molecule has 5 nitrogen and oxygen atoms in total. The maximum Gasteiger partial charge on any atom is 0.243 e. The minimum absolute atomic E-state index is 0.135. The van der Waals surface area contributed by atoms with Crippen LogP contribution in [0.3, 0.4) is 0 Å². The van der Waals surface area contributed by atoms with Crippen LogP contribution in [0.2, 0.25) is 0 Å². The highest BCUT2D eigenvalue weighted by Gasteiger charge is 2.05. The lowest BCUT2D eigenvalue weighted by Crippen LogP contribution is -3.05. The summed E-state index contributed by atoms with van der Waals surface area (Å²) in [6.45, 7) is 2.03. The molecule has 0 fully saturated rings. The van der Waals surface area contributed by atoms with Crippen LogP contribution in [-0.4, -0.2) is 44.7 Å². The van der Waals surface area contributed by atoms with Crippen LogP contribution in [0, 0.1) is 0 Å². The lowest BCUT2D eigenvalue weighted by Gasteiger charge is -2.12. The molecule has 0 saturated carbocycles. The summed E-state index contributed by atoms with van der Waals surface area (Å²) >= 11 is 8.51. The number of carbonyl (C=O) groups excluding carboxylic acids is 1. The van der Waals surface area contributed by atoms with Crippen LogP contribution in [0.15, 0.2) is 28.7 Å². The van der Waals surface area contributed by atoms with E-state index in [0.29, 0.717) is 5.11 Å². The highest BCUT2D eigenvalue weighted by atomic mass is 79.9. The number of amides is 1. The van der Waals surface area contributed by atoms with Gasteiger partial charge >= 0.3 is 0 Å². The summed E-state index contributed by atoms with van der Waals surface area (Å²) < 4.78 is 0.852. The van der Waals surface area contributed by atoms with E-state index in [-0.39, 0.29) is 12.5 Å². The summed E-state index contributed by atoms with van der Waals surface area (Å²) in [4.78, 5) is 13.2. The van der Waals surface area contributed by atoms with Gasteiger partial charge in [-0.1, -0.05) is 12.1 Å². The molecule has 1 aromatic carbocycles. The first kappa shape index (κ1) is 17.9. The van der Waals surface area contributed by atoms with Gasteiger partial charge in [-0.25, -0.2) is 0 Å². The number of quaternary nitrogens is 1. The number of thiocarbonyl (C=S) groups is 1. The second-order valence-electron chi connectivity index (χ2n) is 4.95. The number of benzene rings is 1. The molecular weight excluding hydrogens is 352 g/mol. The molecule has 0 aliphatic carbocycles. The minimum atomic E-state index is -0.135. The lowest BCUT2D eigenvalue weighted by molar-refractivity contribution is -0.858. The molecule has 0 bridgehead atoms. The molecule has 0 heterocycles. The van der Waals surface area contributed by atoms with Gasteiger partial charge in [0.15, 0.2) is 5.11 Å². The van der Waals surface area contributed by atoms with Gasteiger partial charge in [-0.3, -0.25) is 4.79 Å². The smallest absolute Gasteiger partial charge is 0.243 e. The summed E-state index contributed by atoms with van der Waals surface area (Å²) in [7, 11) is 4.23. The summed E-state index contributed by atoms with van der Waals surface area (Å²) in [5.74, 6) is -0.135. The molecule has 1 rings (SSSR count). The van der Waals surface area contributed by atoms with E-state index in [1.807, 2.05) is 24.3 Å². The van der Waals surface area contributed by atoms with E-state index in [4.69, 9.17) is 12.2 Å². The molecule has 0 saturated heterocycles. The number of nitrogens with one attached hydrogen (secondary N) is 4. The number of carbonyl (C=O) groups is 1. The van der Waals surface area contributed by atoms with Gasteiger partial charge in [-0.15, -0.1) is 0 Å². The number of halogens is 1. The Kier molecular flexibility index (Phi) is 8.26. The molecule has 7 heteroatoms. The van der Waals surface area contributed by atoms with Crippen LogP contribution in [-0.2, 0) is 4.79 Å². The van der Waals surface area contributed by atoms with E-state index in [1.54, 1.807) is 0 Å². The van der Waals surface area contributed by atoms with E-state index in [9.17, 15) is 4.79 Å². The highest BCUT2D eigenvalue weighted by molar-refractivity contribution is 9.10. The SMILES string of the molecule is C[NH+](C)CCCNC(=S)NCC(=O)Nc1ccccc1Br. The Balaban J connectivity index is 2.21. The zero-order chi connectivity index (χ0) is 15.7. The van der Waals surface area contributed by atoms with Gasteiger partial charge in [-0.05, 0) is 40.3 Å². The lowest BCUT2D eigenvalue weighted by atomic mass is 10.3. The van der Waals surface area contributed by atoms with Crippen molar-refractivity contribution in [3.05, 3.63) is 28.7 Å². The average molecular weight is 374 g/mol. The van der Waals surface area contributed by atoms with Crippen LogP contribution < -0.4 is 20.9 Å². The van der Waals surface area contributed by atoms with Crippen molar-refractivity contribution in [1.82, 2.24) is 10.6 Å². The summed E-state index contributed by atoms with van der Waals surface area (Å²) in [6.07, 6.45) is 1.04. The van der Waals surface area contributed by atoms with E-state index in [1.165, 1.54) is 4.90 Å². The maximum absolute atomic E-state index is 11.8. The predicted octanol–water partition coefficient (Wildman–Crippen LogP) is 0.386. The van der Waals surface area contributed by atoms with Gasteiger partial charge in [0.1, 0.15) is 0 Å². The summed E-state index contributed by atoms with van der Waals surface area (Å²) in [5.41, 5.74) is 0.747. The monoisotopic (exact) mass is 373 g/mol. The maximum atomic E-state index is 11.8. The fourth-order valence-corrected chi connectivity index (χ4v) is 2.18. The van der Waals surface area contributed by atoms with Crippen molar-refractivity contribution >= 4 is 44.9 Å². The molecule has 4 N–H and O–H groups in total. The van der Waals surface area contributed by atoms with Gasteiger partial charge in [0.05, 0.1) is 32.9 Å². The predicted molar refractivity (Wildman–Crippen MR) is 93.7 cm³/mol. The largest absolute Gasteiger partial charge is 0.363 e. The molecule has 21 heavy (non-hydrogen) atoms. The first-order valence-corrected chi connectivity index (χ1v) is 8.04. The van der Waals surface area contributed by atoms with Crippen LogP contribution in [0.4, 0.5) is 5.69 Å². The van der Waals surface area contributed by atoms with Gasteiger partial charge in [-0.2, -0.15) is 0 Å². The first-order valence-electron chi connectivity index (χ1n) is 6.84. The second kappa shape index (κ2) is 9.70. The standard InChI is InChI=1S/C14H21BrN4OS/c1-19(2)9-5-8-16-14(21)17-10-13(20)18-12-7-4-3-6-11(12)15/h3-4,6-7H,5,8-10H2,1-2H3,(H,18,20)(H2,16,17,21)/p+1. The molecule has 116 valence electrons. The molecule has 0 radical (unpaired) electrons. The van der Waals surface area contributed by atoms with Gasteiger partial charge in [0.25, 0.3) is 0 Å². The molecule has 1 amide bonds. The molecule has 0 aliphatic heterocycles. The van der Waals surface area contributed by atoms with Crippen LogP contribution in [0.25, 0.3) is 0 Å². The van der Waals surface area contributed by atoms with E-state index < -0.39 is 0 Å². The topological polar surface area (TPSA) is 57.6 Å². The molecular formula is C14H22BrN4OS+. The van der Waals surface area contributed by atoms with Crippen molar-refractivity contribution in [1.29, 1.82) is 0 Å². The quantitative estimate of drug-likeness (QED) is 0.412. The third-order valence-corrected chi connectivity index (χ3v) is 3.68. The molecule has 1 aromatic rings. The fraction of sp³-hybridized carbons (Fsp3) is 0.429. The number of hydrogen-bond acceptors (Lipinski definition) is 2. The number of rotatable bonds is 7.